The highest BCUT2D eigenvalue weighted by Gasteiger charge is 2.31. The summed E-state index contributed by atoms with van der Waals surface area (Å²) in [6, 6.07) is 14.0. The maximum atomic E-state index is 13.2. The number of hydrogen-bond donors (Lipinski definition) is 0. The van der Waals surface area contributed by atoms with Gasteiger partial charge >= 0.3 is 0 Å². The Morgan fingerprint density at radius 3 is 2.57 bits per heavy atom. The molecule has 0 radical (unpaired) electrons. The van der Waals surface area contributed by atoms with Crippen molar-refractivity contribution < 1.29 is 13.9 Å². The second kappa shape index (κ2) is 8.74. The minimum Gasteiger partial charge on any atom is -0.489 e. The fraction of sp³-hybridized carbons (Fsp3) is 0.435. The third kappa shape index (κ3) is 4.53. The van der Waals surface area contributed by atoms with Gasteiger partial charge in [-0.2, -0.15) is 0 Å². The summed E-state index contributed by atoms with van der Waals surface area (Å²) in [5, 5.41) is 0. The van der Waals surface area contributed by atoms with Crippen LogP contribution in [-0.4, -0.2) is 47.9 Å². The van der Waals surface area contributed by atoms with E-state index in [1.54, 1.807) is 6.07 Å². The van der Waals surface area contributed by atoms with E-state index in [1.165, 1.54) is 25.0 Å². The molecule has 148 valence electrons. The van der Waals surface area contributed by atoms with Crippen molar-refractivity contribution in [2.45, 2.75) is 38.3 Å². The lowest BCUT2D eigenvalue weighted by molar-refractivity contribution is 0.0708. The van der Waals surface area contributed by atoms with Crippen molar-refractivity contribution in [2.24, 2.45) is 0 Å². The van der Waals surface area contributed by atoms with Gasteiger partial charge in [0.1, 0.15) is 18.2 Å². The summed E-state index contributed by atoms with van der Waals surface area (Å²) in [5.74, 6) is 0.519. The van der Waals surface area contributed by atoms with E-state index in [2.05, 4.69) is 4.90 Å². The summed E-state index contributed by atoms with van der Waals surface area (Å²) in [4.78, 5) is 17.5. The quantitative estimate of drug-likeness (QED) is 0.754. The Morgan fingerprint density at radius 1 is 1.04 bits per heavy atom. The van der Waals surface area contributed by atoms with E-state index < -0.39 is 0 Å². The van der Waals surface area contributed by atoms with Gasteiger partial charge < -0.3 is 14.5 Å². The van der Waals surface area contributed by atoms with Crippen LogP contribution in [0.2, 0.25) is 0 Å². The Bertz CT molecular complexity index is 803. The smallest absolute Gasteiger partial charge is 0.254 e. The molecular formula is C23H27FN2O2. The van der Waals surface area contributed by atoms with Gasteiger partial charge in [0.05, 0.1) is 0 Å². The average molecular weight is 382 g/mol. The van der Waals surface area contributed by atoms with Gasteiger partial charge in [0.25, 0.3) is 5.91 Å². The lowest BCUT2D eigenvalue weighted by Gasteiger charge is -2.28. The number of benzene rings is 2. The first-order valence-corrected chi connectivity index (χ1v) is 10.2. The molecule has 0 aliphatic carbocycles. The molecule has 5 heteroatoms. The van der Waals surface area contributed by atoms with Gasteiger partial charge in [-0.3, -0.25) is 4.79 Å². The first kappa shape index (κ1) is 18.9. The largest absolute Gasteiger partial charge is 0.489 e. The number of amides is 1. The van der Waals surface area contributed by atoms with E-state index in [9.17, 15) is 9.18 Å². The summed E-state index contributed by atoms with van der Waals surface area (Å²) in [5.41, 5.74) is 1.48. The molecular weight excluding hydrogens is 355 g/mol. The number of carbonyl (C=O) groups excluding carboxylic acids is 1. The van der Waals surface area contributed by atoms with Gasteiger partial charge in [0, 0.05) is 24.7 Å². The molecule has 4 nitrogen and oxygen atoms in total. The zero-order chi connectivity index (χ0) is 19.3. The number of rotatable bonds is 6. The van der Waals surface area contributed by atoms with Crippen LogP contribution in [0.15, 0.2) is 48.5 Å². The highest BCUT2D eigenvalue weighted by molar-refractivity contribution is 5.94. The van der Waals surface area contributed by atoms with E-state index in [4.69, 9.17) is 4.74 Å². The minimum atomic E-state index is -0.267. The number of halogens is 1. The van der Waals surface area contributed by atoms with Gasteiger partial charge in [-0.15, -0.1) is 0 Å². The fourth-order valence-corrected chi connectivity index (χ4v) is 4.21. The van der Waals surface area contributed by atoms with E-state index in [0.29, 0.717) is 24.0 Å². The predicted octanol–water partition coefficient (Wildman–Crippen LogP) is 4.11. The minimum absolute atomic E-state index is 0.110. The summed E-state index contributed by atoms with van der Waals surface area (Å²) >= 11 is 0. The summed E-state index contributed by atoms with van der Waals surface area (Å²) < 4.78 is 19.0. The number of hydrogen-bond acceptors (Lipinski definition) is 3. The Morgan fingerprint density at radius 2 is 1.82 bits per heavy atom. The van der Waals surface area contributed by atoms with Crippen molar-refractivity contribution in [3.05, 3.63) is 65.5 Å². The maximum absolute atomic E-state index is 13.2. The van der Waals surface area contributed by atoms with Crippen molar-refractivity contribution in [3.63, 3.8) is 0 Å². The van der Waals surface area contributed by atoms with Crippen molar-refractivity contribution in [3.8, 4) is 5.75 Å². The van der Waals surface area contributed by atoms with Crippen molar-refractivity contribution in [2.75, 3.05) is 26.2 Å². The van der Waals surface area contributed by atoms with Crippen molar-refractivity contribution in [1.29, 1.82) is 0 Å². The van der Waals surface area contributed by atoms with Crippen LogP contribution in [0.1, 0.15) is 41.6 Å². The molecule has 1 unspecified atom stereocenters. The van der Waals surface area contributed by atoms with Gasteiger partial charge in [-0.1, -0.05) is 12.1 Å². The van der Waals surface area contributed by atoms with E-state index >= 15 is 0 Å². The molecule has 2 saturated heterocycles. The molecule has 1 amide bonds. The Labute approximate surface area is 165 Å². The Balaban J connectivity index is 1.35. The zero-order valence-corrected chi connectivity index (χ0v) is 16.1. The molecule has 0 saturated carbocycles. The number of carbonyl (C=O) groups is 1. The molecule has 28 heavy (non-hydrogen) atoms. The molecule has 2 aromatic rings. The third-order valence-electron chi connectivity index (χ3n) is 5.70. The lowest BCUT2D eigenvalue weighted by Crippen LogP contribution is -2.42. The summed E-state index contributed by atoms with van der Waals surface area (Å²) in [7, 11) is 0. The molecule has 1 atom stereocenters. The average Bonchev–Trinajstić information content (AvgIpc) is 3.39. The number of ether oxygens (including phenoxy) is 1. The highest BCUT2D eigenvalue weighted by Crippen LogP contribution is 2.23. The summed E-state index contributed by atoms with van der Waals surface area (Å²) in [6.45, 7) is 4.47. The molecule has 0 spiro atoms. The van der Waals surface area contributed by atoms with Gasteiger partial charge in [-0.05, 0) is 80.7 Å². The van der Waals surface area contributed by atoms with Crippen molar-refractivity contribution in [1.82, 2.24) is 9.80 Å². The van der Waals surface area contributed by atoms with Crippen LogP contribution in [0.3, 0.4) is 0 Å². The second-order valence-electron chi connectivity index (χ2n) is 7.75. The van der Waals surface area contributed by atoms with Crippen molar-refractivity contribution >= 4 is 5.91 Å². The molecule has 0 aromatic heterocycles. The number of likely N-dealkylation sites (tertiary alicyclic amines) is 2. The molecule has 4 rings (SSSR count). The normalized spacial score (nSPS) is 19.9. The Kier molecular flexibility index (Phi) is 5.91. The molecule has 2 aliphatic rings. The summed E-state index contributed by atoms with van der Waals surface area (Å²) in [6.07, 6.45) is 4.73. The standard InChI is InChI=1S/C23H27FN2O2/c24-20-6-3-5-18(15-20)17-28-22-10-8-19(9-11-22)23(27)26-14-4-7-21(26)16-25-12-1-2-13-25/h3,5-6,8-11,15,21H,1-2,4,7,12-14,16-17H2. The molecule has 2 fully saturated rings. The van der Waals surface area contributed by atoms with E-state index in [0.717, 1.165) is 44.6 Å². The zero-order valence-electron chi connectivity index (χ0n) is 16.1. The van der Waals surface area contributed by atoms with Gasteiger partial charge in [0.2, 0.25) is 0 Å². The lowest BCUT2D eigenvalue weighted by atomic mass is 10.1. The highest BCUT2D eigenvalue weighted by atomic mass is 19.1. The fourth-order valence-electron chi connectivity index (χ4n) is 4.21. The monoisotopic (exact) mass is 382 g/mol. The Hall–Kier alpha value is -2.40. The predicted molar refractivity (Wildman–Crippen MR) is 107 cm³/mol. The van der Waals surface area contributed by atoms with Crippen LogP contribution in [0.25, 0.3) is 0 Å². The molecule has 2 aliphatic heterocycles. The first-order valence-electron chi connectivity index (χ1n) is 10.2. The molecule has 0 bridgehead atoms. The number of nitrogens with zero attached hydrogens (tertiary/aromatic N) is 2. The van der Waals surface area contributed by atoms with Crippen LogP contribution < -0.4 is 4.74 Å². The van der Waals surface area contributed by atoms with Crippen LogP contribution in [0, 0.1) is 5.82 Å². The topological polar surface area (TPSA) is 32.8 Å². The third-order valence-corrected chi connectivity index (χ3v) is 5.70. The van der Waals surface area contributed by atoms with Crippen LogP contribution in [-0.2, 0) is 6.61 Å². The van der Waals surface area contributed by atoms with Crippen LogP contribution in [0.5, 0.6) is 5.75 Å². The second-order valence-corrected chi connectivity index (χ2v) is 7.75. The van der Waals surface area contributed by atoms with Gasteiger partial charge in [-0.25, -0.2) is 4.39 Å². The van der Waals surface area contributed by atoms with Gasteiger partial charge in [0.15, 0.2) is 0 Å². The van der Waals surface area contributed by atoms with Crippen LogP contribution in [0.4, 0.5) is 4.39 Å². The molecule has 2 heterocycles. The molecule has 0 N–H and O–H groups in total. The van der Waals surface area contributed by atoms with E-state index in [1.807, 2.05) is 35.2 Å². The molecule has 2 aromatic carbocycles. The first-order chi connectivity index (χ1) is 13.7. The maximum Gasteiger partial charge on any atom is 0.254 e. The van der Waals surface area contributed by atoms with Crippen LogP contribution >= 0.6 is 0 Å². The van der Waals surface area contributed by atoms with E-state index in [-0.39, 0.29) is 11.7 Å². The SMILES string of the molecule is O=C(c1ccc(OCc2cccc(F)c2)cc1)N1CCCC1CN1CCCC1.